The Labute approximate surface area is 272 Å². The number of hydrogen-bond acceptors (Lipinski definition) is 5. The van der Waals surface area contributed by atoms with Gasteiger partial charge in [-0.2, -0.15) is 0 Å². The molecule has 0 rings (SSSR count). The third kappa shape index (κ3) is 27.4. The number of hydrogen-bond donors (Lipinski definition) is 5. The SMILES string of the molecule is CCCCCCCCCC/C=C\CCCCCCCCC(O)C(=O)NC(CO)C(O)C(O)CCCCCCCCCCCC. The number of allylic oxidation sites excluding steroid dienone is 2. The minimum Gasteiger partial charge on any atom is -0.394 e. The minimum absolute atomic E-state index is 0.364. The fourth-order valence-electron chi connectivity index (χ4n) is 5.87. The first kappa shape index (κ1) is 43.0. The molecule has 0 saturated heterocycles. The van der Waals surface area contributed by atoms with Crippen LogP contribution in [-0.4, -0.2) is 57.3 Å². The van der Waals surface area contributed by atoms with E-state index in [9.17, 15) is 25.2 Å². The molecule has 262 valence electrons. The number of carbonyl (C=O) groups excluding carboxylic acids is 1. The summed E-state index contributed by atoms with van der Waals surface area (Å²) in [5.74, 6) is -0.590. The van der Waals surface area contributed by atoms with Gasteiger partial charge in [0, 0.05) is 0 Å². The summed E-state index contributed by atoms with van der Waals surface area (Å²) in [5.41, 5.74) is 0. The second kappa shape index (κ2) is 33.4. The van der Waals surface area contributed by atoms with E-state index < -0.39 is 36.9 Å². The van der Waals surface area contributed by atoms with Gasteiger partial charge in [-0.1, -0.05) is 167 Å². The van der Waals surface area contributed by atoms with Crippen LogP contribution in [-0.2, 0) is 4.79 Å². The highest BCUT2D eigenvalue weighted by molar-refractivity contribution is 5.80. The average Bonchev–Trinajstić information content (AvgIpc) is 3.03. The maximum absolute atomic E-state index is 12.4. The number of aliphatic hydroxyl groups is 4. The van der Waals surface area contributed by atoms with Gasteiger partial charge in [-0.15, -0.1) is 0 Å². The van der Waals surface area contributed by atoms with Crippen molar-refractivity contribution >= 4 is 5.91 Å². The molecule has 6 heteroatoms. The van der Waals surface area contributed by atoms with Crippen LogP contribution in [0.5, 0.6) is 0 Å². The fraction of sp³-hybridized carbons (Fsp3) is 0.921. The Kier molecular flexibility index (Phi) is 32.7. The van der Waals surface area contributed by atoms with Gasteiger partial charge >= 0.3 is 0 Å². The molecule has 4 atom stereocenters. The van der Waals surface area contributed by atoms with Crippen molar-refractivity contribution < 1.29 is 25.2 Å². The third-order valence-electron chi connectivity index (χ3n) is 8.98. The zero-order valence-electron chi connectivity index (χ0n) is 29.2. The molecule has 6 nitrogen and oxygen atoms in total. The molecule has 0 heterocycles. The van der Waals surface area contributed by atoms with Crippen LogP contribution in [0.3, 0.4) is 0 Å². The van der Waals surface area contributed by atoms with E-state index in [1.807, 2.05) is 0 Å². The van der Waals surface area contributed by atoms with Crippen molar-refractivity contribution in [1.82, 2.24) is 5.32 Å². The van der Waals surface area contributed by atoms with Crippen LogP contribution in [0, 0.1) is 0 Å². The number of amides is 1. The van der Waals surface area contributed by atoms with Gasteiger partial charge in [0.1, 0.15) is 12.2 Å². The fourth-order valence-corrected chi connectivity index (χ4v) is 5.87. The lowest BCUT2D eigenvalue weighted by Gasteiger charge is -2.27. The van der Waals surface area contributed by atoms with Gasteiger partial charge in [-0.25, -0.2) is 0 Å². The molecule has 4 unspecified atom stereocenters. The van der Waals surface area contributed by atoms with E-state index in [-0.39, 0.29) is 0 Å². The van der Waals surface area contributed by atoms with Crippen LogP contribution in [0.1, 0.15) is 194 Å². The van der Waals surface area contributed by atoms with E-state index in [1.165, 1.54) is 122 Å². The second-order valence-corrected chi connectivity index (χ2v) is 13.3. The van der Waals surface area contributed by atoms with Crippen LogP contribution >= 0.6 is 0 Å². The summed E-state index contributed by atoms with van der Waals surface area (Å²) in [6.45, 7) is 4.01. The van der Waals surface area contributed by atoms with Gasteiger partial charge in [0.2, 0.25) is 5.91 Å². The summed E-state index contributed by atoms with van der Waals surface area (Å²) in [5, 5.41) is 43.4. The van der Waals surface area contributed by atoms with Crippen LogP contribution in [0.2, 0.25) is 0 Å². The summed E-state index contributed by atoms with van der Waals surface area (Å²) in [6, 6.07) is -0.982. The monoisotopic (exact) mass is 626 g/mol. The predicted octanol–water partition coefficient (Wildman–Crippen LogP) is 9.07. The van der Waals surface area contributed by atoms with Crippen LogP contribution in [0.25, 0.3) is 0 Å². The maximum atomic E-state index is 12.4. The smallest absolute Gasteiger partial charge is 0.249 e. The number of unbranched alkanes of at least 4 members (excludes halogenated alkanes) is 23. The molecule has 0 aliphatic heterocycles. The van der Waals surface area contributed by atoms with Crippen molar-refractivity contribution in [3.05, 3.63) is 12.2 Å². The lowest BCUT2D eigenvalue weighted by Crippen LogP contribution is -2.53. The van der Waals surface area contributed by atoms with Crippen molar-refractivity contribution in [1.29, 1.82) is 0 Å². The van der Waals surface area contributed by atoms with Gasteiger partial charge in [0.15, 0.2) is 0 Å². The summed E-state index contributed by atoms with van der Waals surface area (Å²) in [6.07, 6.45) is 33.8. The van der Waals surface area contributed by atoms with Crippen molar-refractivity contribution in [2.75, 3.05) is 6.61 Å². The highest BCUT2D eigenvalue weighted by atomic mass is 16.3. The van der Waals surface area contributed by atoms with E-state index in [1.54, 1.807) is 0 Å². The molecule has 0 aliphatic carbocycles. The van der Waals surface area contributed by atoms with E-state index >= 15 is 0 Å². The molecule has 44 heavy (non-hydrogen) atoms. The lowest BCUT2D eigenvalue weighted by atomic mass is 9.99. The maximum Gasteiger partial charge on any atom is 0.249 e. The summed E-state index contributed by atoms with van der Waals surface area (Å²) in [4.78, 5) is 12.4. The Bertz CT molecular complexity index is 628. The first-order valence-corrected chi connectivity index (χ1v) is 19.1. The third-order valence-corrected chi connectivity index (χ3v) is 8.98. The number of aliphatic hydroxyl groups excluding tert-OH is 4. The molecular formula is C38H75NO5. The lowest BCUT2D eigenvalue weighted by molar-refractivity contribution is -0.132. The molecule has 0 aromatic carbocycles. The zero-order chi connectivity index (χ0) is 32.5. The highest BCUT2D eigenvalue weighted by Gasteiger charge is 2.28. The number of nitrogens with one attached hydrogen (secondary N) is 1. The van der Waals surface area contributed by atoms with E-state index in [0.717, 1.165) is 44.9 Å². The van der Waals surface area contributed by atoms with Gasteiger partial charge < -0.3 is 25.7 Å². The Hall–Kier alpha value is -0.950. The molecular weight excluding hydrogens is 550 g/mol. The zero-order valence-corrected chi connectivity index (χ0v) is 29.2. The van der Waals surface area contributed by atoms with E-state index in [4.69, 9.17) is 0 Å². The molecule has 0 spiro atoms. The quantitative estimate of drug-likeness (QED) is 0.0362. The van der Waals surface area contributed by atoms with Crippen LogP contribution < -0.4 is 5.32 Å². The molecule has 5 N–H and O–H groups in total. The minimum atomic E-state index is -1.25. The topological polar surface area (TPSA) is 110 Å². The molecule has 0 aromatic heterocycles. The first-order chi connectivity index (χ1) is 21.5. The predicted molar refractivity (Wildman–Crippen MR) is 187 cm³/mol. The highest BCUT2D eigenvalue weighted by Crippen LogP contribution is 2.15. The van der Waals surface area contributed by atoms with Crippen LogP contribution in [0.15, 0.2) is 12.2 Å². The molecule has 0 aromatic rings. The Morgan fingerprint density at radius 2 is 0.909 bits per heavy atom. The molecule has 0 fully saturated rings. The average molecular weight is 626 g/mol. The van der Waals surface area contributed by atoms with Gasteiger partial charge in [-0.05, 0) is 38.5 Å². The molecule has 0 radical (unpaired) electrons. The van der Waals surface area contributed by atoms with Crippen molar-refractivity contribution in [2.45, 2.75) is 218 Å². The number of rotatable bonds is 34. The van der Waals surface area contributed by atoms with Crippen molar-refractivity contribution in [2.24, 2.45) is 0 Å². The van der Waals surface area contributed by atoms with E-state index in [2.05, 4.69) is 31.3 Å². The normalized spacial score (nSPS) is 14.6. The molecule has 1 amide bonds. The standard InChI is InChI=1S/C38H75NO5/c1-3-5-7-9-11-13-15-16-17-18-19-20-21-22-24-26-28-30-32-36(42)38(44)39-34(33-40)37(43)35(41)31-29-27-25-23-14-12-10-8-6-4-2/h18-19,34-37,40-43H,3-17,20-33H2,1-2H3,(H,39,44)/b19-18-. The molecule has 0 saturated carbocycles. The van der Waals surface area contributed by atoms with Gasteiger partial charge in [0.25, 0.3) is 0 Å². The van der Waals surface area contributed by atoms with Crippen LogP contribution in [0.4, 0.5) is 0 Å². The largest absolute Gasteiger partial charge is 0.394 e. The van der Waals surface area contributed by atoms with Crippen molar-refractivity contribution in [3.63, 3.8) is 0 Å². The summed E-state index contributed by atoms with van der Waals surface area (Å²) >= 11 is 0. The Morgan fingerprint density at radius 3 is 1.32 bits per heavy atom. The Morgan fingerprint density at radius 1 is 0.545 bits per heavy atom. The Balaban J connectivity index is 3.78. The van der Waals surface area contributed by atoms with Gasteiger partial charge in [-0.3, -0.25) is 4.79 Å². The van der Waals surface area contributed by atoms with E-state index in [0.29, 0.717) is 12.8 Å². The first-order valence-electron chi connectivity index (χ1n) is 19.1. The van der Waals surface area contributed by atoms with Crippen molar-refractivity contribution in [3.8, 4) is 0 Å². The van der Waals surface area contributed by atoms with Gasteiger partial charge in [0.05, 0.1) is 18.8 Å². The molecule has 0 bridgehead atoms. The number of carbonyl (C=O) groups is 1. The molecule has 0 aliphatic rings. The summed E-state index contributed by atoms with van der Waals surface area (Å²) < 4.78 is 0. The summed E-state index contributed by atoms with van der Waals surface area (Å²) in [7, 11) is 0. The second-order valence-electron chi connectivity index (χ2n) is 13.3.